The van der Waals surface area contributed by atoms with E-state index < -0.39 is 10.3 Å². The molecule has 1 heterocycles. The Morgan fingerprint density at radius 2 is 2.20 bits per heavy atom. The summed E-state index contributed by atoms with van der Waals surface area (Å²) >= 11 is 0. The van der Waals surface area contributed by atoms with Gasteiger partial charge in [0.05, 0.1) is 0 Å². The van der Waals surface area contributed by atoms with Crippen LogP contribution in [0.5, 0.6) is 0 Å². The minimum Gasteiger partial charge on any atom is -0.269 e. The van der Waals surface area contributed by atoms with Crippen molar-refractivity contribution in [2.75, 3.05) is 6.54 Å². The SMILES string of the molecule is O=S(=O)(O)N1C=CCCC1. The smallest absolute Gasteiger partial charge is 0.269 e. The molecule has 0 fully saturated rings. The summed E-state index contributed by atoms with van der Waals surface area (Å²) in [5, 5.41) is 0. The van der Waals surface area contributed by atoms with Gasteiger partial charge in [-0.1, -0.05) is 6.08 Å². The van der Waals surface area contributed by atoms with E-state index in [1.165, 1.54) is 6.20 Å². The van der Waals surface area contributed by atoms with Crippen molar-refractivity contribution in [1.29, 1.82) is 0 Å². The standard InChI is InChI=1S/C5H9NO3S/c7-10(8,9)6-4-2-1-3-5-6/h2,4H,1,3,5H2,(H,7,8,9). The molecule has 1 rings (SSSR count). The lowest BCUT2D eigenvalue weighted by Crippen LogP contribution is -2.27. The van der Waals surface area contributed by atoms with Crippen molar-refractivity contribution in [3.8, 4) is 0 Å². The number of nitrogens with zero attached hydrogens (tertiary/aromatic N) is 1. The summed E-state index contributed by atoms with van der Waals surface area (Å²) in [6.45, 7) is 0.384. The van der Waals surface area contributed by atoms with Gasteiger partial charge >= 0.3 is 10.3 Å². The highest BCUT2D eigenvalue weighted by Crippen LogP contribution is 2.08. The zero-order valence-electron chi connectivity index (χ0n) is 5.40. The van der Waals surface area contributed by atoms with Gasteiger partial charge in [0.2, 0.25) is 0 Å². The third kappa shape index (κ3) is 1.71. The molecule has 0 radical (unpaired) electrons. The maximum Gasteiger partial charge on any atom is 0.359 e. The fourth-order valence-electron chi connectivity index (χ4n) is 0.824. The Kier molecular flexibility index (Phi) is 1.96. The summed E-state index contributed by atoms with van der Waals surface area (Å²) in [6.07, 6.45) is 4.76. The van der Waals surface area contributed by atoms with Crippen LogP contribution in [0.3, 0.4) is 0 Å². The predicted molar refractivity (Wildman–Crippen MR) is 36.6 cm³/mol. The molecular formula is C5H9NO3S. The molecular weight excluding hydrogens is 154 g/mol. The van der Waals surface area contributed by atoms with E-state index in [1.807, 2.05) is 0 Å². The third-order valence-electron chi connectivity index (χ3n) is 1.32. The largest absolute Gasteiger partial charge is 0.359 e. The first-order valence-electron chi connectivity index (χ1n) is 3.01. The molecule has 1 aliphatic heterocycles. The quantitative estimate of drug-likeness (QED) is 0.569. The number of hydrogen-bond acceptors (Lipinski definition) is 2. The van der Waals surface area contributed by atoms with Crippen molar-refractivity contribution in [2.45, 2.75) is 12.8 Å². The van der Waals surface area contributed by atoms with Crippen molar-refractivity contribution in [2.24, 2.45) is 0 Å². The van der Waals surface area contributed by atoms with Gasteiger partial charge in [-0.2, -0.15) is 8.42 Å². The highest BCUT2D eigenvalue weighted by molar-refractivity contribution is 7.83. The first kappa shape index (κ1) is 7.56. The van der Waals surface area contributed by atoms with Crippen LogP contribution >= 0.6 is 0 Å². The summed E-state index contributed by atoms with van der Waals surface area (Å²) in [5.74, 6) is 0. The molecule has 0 saturated carbocycles. The monoisotopic (exact) mass is 163 g/mol. The molecule has 0 aromatic rings. The first-order valence-corrected chi connectivity index (χ1v) is 4.41. The first-order chi connectivity index (χ1) is 4.61. The lowest BCUT2D eigenvalue weighted by molar-refractivity contribution is 0.395. The Balaban J connectivity index is 2.74. The normalized spacial score (nSPS) is 19.5. The molecule has 0 aromatic heterocycles. The van der Waals surface area contributed by atoms with Gasteiger partial charge in [0.25, 0.3) is 0 Å². The zero-order chi connectivity index (χ0) is 7.61. The van der Waals surface area contributed by atoms with Crippen molar-refractivity contribution >= 4 is 10.3 Å². The number of hydrogen-bond donors (Lipinski definition) is 1. The summed E-state index contributed by atoms with van der Waals surface area (Å²) in [4.78, 5) is 0. The third-order valence-corrected chi connectivity index (χ3v) is 2.21. The maximum absolute atomic E-state index is 10.4. The minimum absolute atomic E-state index is 0.384. The van der Waals surface area contributed by atoms with E-state index in [0.717, 1.165) is 17.1 Å². The van der Waals surface area contributed by atoms with Crippen LogP contribution in [0.1, 0.15) is 12.8 Å². The van der Waals surface area contributed by atoms with Crippen molar-refractivity contribution < 1.29 is 13.0 Å². The number of rotatable bonds is 1. The van der Waals surface area contributed by atoms with Crippen LogP contribution in [-0.2, 0) is 10.3 Å². The van der Waals surface area contributed by atoms with Gasteiger partial charge in [0.1, 0.15) is 0 Å². The predicted octanol–water partition coefficient (Wildman–Crippen LogP) is 0.399. The van der Waals surface area contributed by atoms with Gasteiger partial charge in [-0.05, 0) is 12.8 Å². The molecule has 4 nitrogen and oxygen atoms in total. The Morgan fingerprint density at radius 3 is 2.50 bits per heavy atom. The molecule has 0 aliphatic carbocycles. The van der Waals surface area contributed by atoms with Gasteiger partial charge in [0, 0.05) is 12.7 Å². The molecule has 1 aliphatic rings. The molecule has 0 amide bonds. The number of allylic oxidation sites excluding steroid dienone is 1. The second kappa shape index (κ2) is 2.59. The van der Waals surface area contributed by atoms with E-state index >= 15 is 0 Å². The lowest BCUT2D eigenvalue weighted by Gasteiger charge is -2.18. The highest BCUT2D eigenvalue weighted by atomic mass is 32.2. The Hall–Kier alpha value is -0.550. The van der Waals surface area contributed by atoms with Crippen molar-refractivity contribution in [3.63, 3.8) is 0 Å². The molecule has 0 unspecified atom stereocenters. The summed E-state index contributed by atoms with van der Waals surface area (Å²) in [6, 6.07) is 0. The van der Waals surface area contributed by atoms with Crippen molar-refractivity contribution in [1.82, 2.24) is 4.31 Å². The van der Waals surface area contributed by atoms with Gasteiger partial charge in [-0.25, -0.2) is 0 Å². The maximum atomic E-state index is 10.4. The van der Waals surface area contributed by atoms with Crippen LogP contribution < -0.4 is 0 Å². The Labute approximate surface area is 60.0 Å². The minimum atomic E-state index is -3.98. The van der Waals surface area contributed by atoms with Crippen LogP contribution in [0.15, 0.2) is 12.3 Å². The van der Waals surface area contributed by atoms with Crippen LogP contribution in [0, 0.1) is 0 Å². The van der Waals surface area contributed by atoms with Gasteiger partial charge < -0.3 is 0 Å². The fraction of sp³-hybridized carbons (Fsp3) is 0.600. The van der Waals surface area contributed by atoms with Crippen LogP contribution in [0.4, 0.5) is 0 Å². The zero-order valence-corrected chi connectivity index (χ0v) is 6.21. The topological polar surface area (TPSA) is 57.6 Å². The van der Waals surface area contributed by atoms with Crippen LogP contribution in [0.25, 0.3) is 0 Å². The van der Waals surface area contributed by atoms with E-state index in [4.69, 9.17) is 4.55 Å². The molecule has 1 N–H and O–H groups in total. The molecule has 0 spiro atoms. The van der Waals surface area contributed by atoms with Crippen LogP contribution in [-0.4, -0.2) is 23.8 Å². The summed E-state index contributed by atoms with van der Waals surface area (Å²) in [7, 11) is -3.98. The molecule has 10 heavy (non-hydrogen) atoms. The second-order valence-corrected chi connectivity index (χ2v) is 3.48. The Morgan fingerprint density at radius 1 is 1.50 bits per heavy atom. The Bertz CT molecular complexity index is 231. The lowest BCUT2D eigenvalue weighted by atomic mass is 10.2. The molecule has 0 aromatic carbocycles. The summed E-state index contributed by atoms with van der Waals surface area (Å²) < 4.78 is 30.2. The summed E-state index contributed by atoms with van der Waals surface area (Å²) in [5.41, 5.74) is 0. The van der Waals surface area contributed by atoms with E-state index in [9.17, 15) is 8.42 Å². The second-order valence-electron chi connectivity index (χ2n) is 2.12. The highest BCUT2D eigenvalue weighted by Gasteiger charge is 2.14. The molecule has 0 atom stereocenters. The van der Waals surface area contributed by atoms with E-state index in [-0.39, 0.29) is 0 Å². The molecule has 58 valence electrons. The fourth-order valence-corrected chi connectivity index (χ4v) is 1.42. The van der Waals surface area contributed by atoms with E-state index in [2.05, 4.69) is 0 Å². The average molecular weight is 163 g/mol. The molecule has 0 saturated heterocycles. The van der Waals surface area contributed by atoms with Gasteiger partial charge in [-0.15, -0.1) is 0 Å². The molecule has 5 heteroatoms. The van der Waals surface area contributed by atoms with Crippen LogP contribution in [0.2, 0.25) is 0 Å². The van der Waals surface area contributed by atoms with E-state index in [1.54, 1.807) is 6.08 Å². The van der Waals surface area contributed by atoms with Gasteiger partial charge in [-0.3, -0.25) is 8.86 Å². The van der Waals surface area contributed by atoms with Crippen molar-refractivity contribution in [3.05, 3.63) is 12.3 Å². The van der Waals surface area contributed by atoms with Gasteiger partial charge in [0.15, 0.2) is 0 Å². The van der Waals surface area contributed by atoms with E-state index in [0.29, 0.717) is 6.54 Å². The average Bonchev–Trinajstić information content (AvgIpc) is 1.88. The molecule has 0 bridgehead atoms.